The minimum Gasteiger partial charge on any atom is -0.462 e. The first-order valence-corrected chi connectivity index (χ1v) is 37.3. The first kappa shape index (κ1) is 79.9. The molecule has 6 heteroatoms. The molecule has 1 atom stereocenters. The molecule has 0 aromatic rings. The van der Waals surface area contributed by atoms with Crippen LogP contribution in [0.2, 0.25) is 0 Å². The molecule has 0 aliphatic rings. The summed E-state index contributed by atoms with van der Waals surface area (Å²) in [5.41, 5.74) is 0. The van der Waals surface area contributed by atoms with Gasteiger partial charge in [-0.2, -0.15) is 0 Å². The van der Waals surface area contributed by atoms with Gasteiger partial charge in [-0.25, -0.2) is 0 Å². The molecule has 1 unspecified atom stereocenters. The van der Waals surface area contributed by atoms with E-state index >= 15 is 0 Å². The predicted octanol–water partition coefficient (Wildman–Crippen LogP) is 25.7. The molecule has 0 saturated heterocycles. The van der Waals surface area contributed by atoms with E-state index in [0.717, 1.165) is 70.6 Å². The van der Waals surface area contributed by atoms with Crippen LogP contribution in [0.25, 0.3) is 0 Å². The maximum absolute atomic E-state index is 12.9. The van der Waals surface area contributed by atoms with Crippen LogP contribution >= 0.6 is 0 Å². The van der Waals surface area contributed by atoms with Crippen LogP contribution in [0, 0.1) is 0 Å². The van der Waals surface area contributed by atoms with E-state index in [4.69, 9.17) is 14.2 Å². The van der Waals surface area contributed by atoms with Gasteiger partial charge in [0.15, 0.2) is 6.10 Å². The van der Waals surface area contributed by atoms with Crippen LogP contribution in [0.15, 0.2) is 24.3 Å². The van der Waals surface area contributed by atoms with E-state index in [-0.39, 0.29) is 31.1 Å². The van der Waals surface area contributed by atoms with E-state index in [2.05, 4.69) is 45.1 Å². The van der Waals surface area contributed by atoms with Crippen molar-refractivity contribution >= 4 is 17.9 Å². The number of carbonyl (C=O) groups is 3. The van der Waals surface area contributed by atoms with Crippen LogP contribution in [0.3, 0.4) is 0 Å². The van der Waals surface area contributed by atoms with Crippen LogP contribution in [-0.2, 0) is 28.6 Å². The SMILES string of the molecule is CCCCC/C=C\C/C=C\CCCCCCCCCC(=O)OC(COC(=O)CCCCCCCCCCCCCCCC)COC(=O)CCCCCCCCCCCCCCCCCCCCCCCCCCCCCCCCCCC. The Bertz CT molecular complexity index is 1320. The minimum atomic E-state index is -0.772. The fraction of sp³-hybridized carbons (Fsp3) is 0.908. The summed E-state index contributed by atoms with van der Waals surface area (Å²) in [6.07, 6.45) is 88.1. The van der Waals surface area contributed by atoms with Crippen LogP contribution in [0.4, 0.5) is 0 Å². The molecule has 0 aliphatic carbocycles. The monoisotopic (exact) mass is 1150 g/mol. The third kappa shape index (κ3) is 68.7. The molecular weight excluding hydrogens is 1010 g/mol. The van der Waals surface area contributed by atoms with E-state index in [1.54, 1.807) is 0 Å². The summed E-state index contributed by atoms with van der Waals surface area (Å²) in [7, 11) is 0. The van der Waals surface area contributed by atoms with Crippen molar-refractivity contribution in [3.63, 3.8) is 0 Å². The zero-order valence-corrected chi connectivity index (χ0v) is 55.8. The third-order valence-electron chi connectivity index (χ3n) is 17.2. The molecule has 0 aliphatic heterocycles. The lowest BCUT2D eigenvalue weighted by Crippen LogP contribution is -2.30. The van der Waals surface area contributed by atoms with Gasteiger partial charge in [0.25, 0.3) is 0 Å². The molecule has 0 heterocycles. The van der Waals surface area contributed by atoms with E-state index in [1.165, 1.54) is 315 Å². The highest BCUT2D eigenvalue weighted by molar-refractivity contribution is 5.71. The number of rotatable bonds is 70. The Balaban J connectivity index is 4.10. The summed E-state index contributed by atoms with van der Waals surface area (Å²) in [4.78, 5) is 38.4. The summed E-state index contributed by atoms with van der Waals surface area (Å²) < 4.78 is 17.0. The Morgan fingerprint density at radius 1 is 0.244 bits per heavy atom. The summed E-state index contributed by atoms with van der Waals surface area (Å²) in [6.45, 7) is 6.69. The zero-order valence-electron chi connectivity index (χ0n) is 55.8. The second-order valence-electron chi connectivity index (χ2n) is 25.6. The smallest absolute Gasteiger partial charge is 0.306 e. The molecule has 0 aromatic heterocycles. The van der Waals surface area contributed by atoms with Gasteiger partial charge < -0.3 is 14.2 Å². The number of hydrogen-bond donors (Lipinski definition) is 0. The van der Waals surface area contributed by atoms with Crippen molar-refractivity contribution in [3.05, 3.63) is 24.3 Å². The number of hydrogen-bond acceptors (Lipinski definition) is 6. The van der Waals surface area contributed by atoms with E-state index < -0.39 is 6.10 Å². The molecule has 0 amide bonds. The lowest BCUT2D eigenvalue weighted by Gasteiger charge is -2.18. The molecule has 0 N–H and O–H groups in total. The van der Waals surface area contributed by atoms with E-state index in [9.17, 15) is 14.4 Å². The number of ether oxygens (including phenoxy) is 3. The lowest BCUT2D eigenvalue weighted by molar-refractivity contribution is -0.167. The van der Waals surface area contributed by atoms with Crippen LogP contribution in [-0.4, -0.2) is 37.2 Å². The van der Waals surface area contributed by atoms with E-state index in [1.807, 2.05) is 0 Å². The van der Waals surface area contributed by atoms with Gasteiger partial charge in [0, 0.05) is 19.3 Å². The Morgan fingerprint density at radius 3 is 0.695 bits per heavy atom. The highest BCUT2D eigenvalue weighted by atomic mass is 16.6. The fourth-order valence-electron chi connectivity index (χ4n) is 11.6. The predicted molar refractivity (Wildman–Crippen MR) is 358 cm³/mol. The van der Waals surface area contributed by atoms with Crippen molar-refractivity contribution in [1.29, 1.82) is 0 Å². The third-order valence-corrected chi connectivity index (χ3v) is 17.2. The quantitative estimate of drug-likeness (QED) is 0.0261. The zero-order chi connectivity index (χ0) is 59.2. The molecule has 0 radical (unpaired) electrons. The van der Waals surface area contributed by atoms with Gasteiger partial charge in [-0.3, -0.25) is 14.4 Å². The van der Waals surface area contributed by atoms with Crippen molar-refractivity contribution in [2.45, 2.75) is 431 Å². The van der Waals surface area contributed by atoms with Gasteiger partial charge in [-0.05, 0) is 51.4 Å². The van der Waals surface area contributed by atoms with Crippen molar-refractivity contribution in [3.8, 4) is 0 Å². The largest absolute Gasteiger partial charge is 0.462 e. The number of unbranched alkanes of at least 4 members (excludes halogenated alkanes) is 55. The topological polar surface area (TPSA) is 78.9 Å². The number of carbonyl (C=O) groups excluding carboxylic acids is 3. The molecule has 0 aromatic carbocycles. The van der Waals surface area contributed by atoms with Crippen LogP contribution in [0.5, 0.6) is 0 Å². The molecular formula is C76H144O6. The Hall–Kier alpha value is -2.11. The van der Waals surface area contributed by atoms with Gasteiger partial charge in [0.05, 0.1) is 0 Å². The fourth-order valence-corrected chi connectivity index (χ4v) is 11.6. The average Bonchev–Trinajstić information content (AvgIpc) is 3.48. The van der Waals surface area contributed by atoms with Crippen LogP contribution < -0.4 is 0 Å². The summed E-state index contributed by atoms with van der Waals surface area (Å²) in [5, 5.41) is 0. The van der Waals surface area contributed by atoms with Crippen molar-refractivity contribution in [1.82, 2.24) is 0 Å². The Morgan fingerprint density at radius 2 is 0.439 bits per heavy atom. The highest BCUT2D eigenvalue weighted by Gasteiger charge is 2.20. The van der Waals surface area contributed by atoms with Crippen molar-refractivity contribution < 1.29 is 28.6 Å². The van der Waals surface area contributed by atoms with Crippen molar-refractivity contribution in [2.24, 2.45) is 0 Å². The van der Waals surface area contributed by atoms with Gasteiger partial charge in [0.2, 0.25) is 0 Å². The van der Waals surface area contributed by atoms with Gasteiger partial charge in [-0.1, -0.05) is 379 Å². The average molecular weight is 1150 g/mol. The first-order chi connectivity index (χ1) is 40.5. The van der Waals surface area contributed by atoms with Gasteiger partial charge >= 0.3 is 17.9 Å². The molecule has 484 valence electrons. The summed E-state index contributed by atoms with van der Waals surface area (Å²) >= 11 is 0. The number of allylic oxidation sites excluding steroid dienone is 4. The second-order valence-corrected chi connectivity index (χ2v) is 25.6. The Kier molecular flexibility index (Phi) is 69.5. The summed E-state index contributed by atoms with van der Waals surface area (Å²) in [6, 6.07) is 0. The second kappa shape index (κ2) is 71.4. The molecule has 0 rings (SSSR count). The van der Waals surface area contributed by atoms with Gasteiger partial charge in [0.1, 0.15) is 13.2 Å². The number of esters is 3. The maximum atomic E-state index is 12.9. The summed E-state index contributed by atoms with van der Waals surface area (Å²) in [5.74, 6) is -0.843. The normalized spacial score (nSPS) is 12.1. The highest BCUT2D eigenvalue weighted by Crippen LogP contribution is 2.19. The maximum Gasteiger partial charge on any atom is 0.306 e. The Labute approximate surface area is 513 Å². The molecule has 0 spiro atoms. The molecule has 82 heavy (non-hydrogen) atoms. The minimum absolute atomic E-state index is 0.0682. The van der Waals surface area contributed by atoms with E-state index in [0.29, 0.717) is 19.3 Å². The van der Waals surface area contributed by atoms with Gasteiger partial charge in [-0.15, -0.1) is 0 Å². The molecule has 0 fully saturated rings. The molecule has 6 nitrogen and oxygen atoms in total. The first-order valence-electron chi connectivity index (χ1n) is 37.3. The van der Waals surface area contributed by atoms with Crippen LogP contribution in [0.1, 0.15) is 425 Å². The molecule has 0 saturated carbocycles. The standard InChI is InChI=1S/C76H144O6/c1-4-7-10-13-16-19-22-25-28-30-31-32-33-34-35-36-37-38-39-40-41-42-43-44-45-47-48-51-54-57-60-63-66-69-75(78)81-72-73(71-80-74(77)68-65-62-59-56-53-50-27-24-21-18-15-12-9-6-3)82-76(79)70-67-64-61-58-55-52-49-46-29-26-23-20-17-14-11-8-5-2/h17,20,26,29,73H,4-16,18-19,21-25,27-28,30-72H2,1-3H3/b20-17-,29-26-. The lowest BCUT2D eigenvalue weighted by atomic mass is 10.0. The van der Waals surface area contributed by atoms with Crippen molar-refractivity contribution in [2.75, 3.05) is 13.2 Å². The molecule has 0 bridgehead atoms.